The SMILES string of the molecule is Cc1ccc(NC(=O)c2ccc(CN3CCN(C)CC3)cc2)cc1Nc1nccc(-c2cccnc2)n1.Cl.Cl.Cl.NC(N)c1ccccc1. The Morgan fingerprint density at radius 2 is 1.57 bits per heavy atom. The maximum Gasteiger partial charge on any atom is 0.255 e. The Kier molecular flexibility index (Phi) is 17.1. The molecule has 3 aromatic carbocycles. The first-order chi connectivity index (χ1) is 22.3. The molecule has 1 amide bonds. The molecule has 0 radical (unpaired) electrons. The third kappa shape index (κ3) is 12.4. The number of halogens is 3. The standard InChI is InChI=1S/C29H31N7O.C7H10N2.3ClH/c1-21-5-10-25(18-27(21)34-29-31-13-11-26(33-29)24-4-3-12-30-19-24)32-28(37)23-8-6-22(7-9-23)20-36-16-14-35(2)15-17-36;8-7(9)6-4-2-1-3-5-6;;;/h3-13,18-19H,14-17,20H2,1-2H3,(H,32,37)(H,31,33,34);1-5,7H,8-9H2;3*1H. The molecule has 0 saturated carbocycles. The summed E-state index contributed by atoms with van der Waals surface area (Å²) in [5.41, 5.74) is 17.8. The summed E-state index contributed by atoms with van der Waals surface area (Å²) in [6, 6.07) is 28.9. The lowest BCUT2D eigenvalue weighted by molar-refractivity contribution is 0.102. The number of rotatable bonds is 8. The molecule has 5 aromatic rings. The van der Waals surface area contributed by atoms with Gasteiger partial charge >= 0.3 is 0 Å². The zero-order chi connectivity index (χ0) is 32.3. The van der Waals surface area contributed by atoms with Crippen LogP contribution in [0.5, 0.6) is 0 Å². The number of aryl methyl sites for hydroxylation is 1. The normalized spacial score (nSPS) is 12.7. The van der Waals surface area contributed by atoms with Gasteiger partial charge in [-0.1, -0.05) is 48.5 Å². The van der Waals surface area contributed by atoms with Crippen LogP contribution < -0.4 is 22.1 Å². The van der Waals surface area contributed by atoms with Crippen LogP contribution in [-0.4, -0.2) is 63.9 Å². The van der Waals surface area contributed by atoms with Crippen molar-refractivity contribution in [3.8, 4) is 11.3 Å². The van der Waals surface area contributed by atoms with Crippen molar-refractivity contribution in [2.75, 3.05) is 43.9 Å². The van der Waals surface area contributed by atoms with Crippen molar-refractivity contribution in [3.63, 3.8) is 0 Å². The van der Waals surface area contributed by atoms with Crippen molar-refractivity contribution in [1.29, 1.82) is 0 Å². The topological polar surface area (TPSA) is 138 Å². The highest BCUT2D eigenvalue weighted by atomic mass is 35.5. The highest BCUT2D eigenvalue weighted by Crippen LogP contribution is 2.25. The number of piperazine rings is 1. The number of benzene rings is 3. The predicted molar refractivity (Wildman–Crippen MR) is 206 cm³/mol. The van der Waals surface area contributed by atoms with Crippen LogP contribution in [0.3, 0.4) is 0 Å². The lowest BCUT2D eigenvalue weighted by atomic mass is 10.1. The summed E-state index contributed by atoms with van der Waals surface area (Å²) in [5, 5.41) is 6.29. The van der Waals surface area contributed by atoms with Gasteiger partial charge in [0.25, 0.3) is 5.91 Å². The molecule has 6 N–H and O–H groups in total. The van der Waals surface area contributed by atoms with Crippen molar-refractivity contribution in [1.82, 2.24) is 24.8 Å². The van der Waals surface area contributed by atoms with Crippen LogP contribution in [0.25, 0.3) is 11.3 Å². The van der Waals surface area contributed by atoms with E-state index in [1.807, 2.05) is 97.9 Å². The quantitative estimate of drug-likeness (QED) is 0.133. The molecular weight excluding hydrogens is 681 g/mol. The van der Waals surface area contributed by atoms with Gasteiger partial charge in [0.05, 0.1) is 11.9 Å². The van der Waals surface area contributed by atoms with Crippen molar-refractivity contribution < 1.29 is 4.79 Å². The largest absolute Gasteiger partial charge is 0.324 e. The minimum atomic E-state index is -0.341. The Balaban J connectivity index is 0.000000607. The fourth-order valence-electron chi connectivity index (χ4n) is 4.95. The number of anilines is 3. The van der Waals surface area contributed by atoms with Gasteiger partial charge in [-0.25, -0.2) is 9.97 Å². The summed E-state index contributed by atoms with van der Waals surface area (Å²) in [5.74, 6) is 0.333. The van der Waals surface area contributed by atoms with Crippen LogP contribution in [0.2, 0.25) is 0 Å². The molecule has 0 atom stereocenters. The predicted octanol–water partition coefficient (Wildman–Crippen LogP) is 6.46. The van der Waals surface area contributed by atoms with Crippen molar-refractivity contribution in [2.24, 2.45) is 11.5 Å². The third-order valence-electron chi connectivity index (χ3n) is 7.76. The number of nitrogens with zero attached hydrogens (tertiary/aromatic N) is 5. The first-order valence-corrected chi connectivity index (χ1v) is 15.3. The number of likely N-dealkylation sites (N-methyl/N-ethyl adjacent to an activating group) is 1. The first kappa shape index (κ1) is 41.0. The Morgan fingerprint density at radius 3 is 2.20 bits per heavy atom. The van der Waals surface area contributed by atoms with E-state index < -0.39 is 0 Å². The van der Waals surface area contributed by atoms with Gasteiger partial charge in [0, 0.05) is 73.8 Å². The molecule has 1 aliphatic rings. The molecule has 3 heterocycles. The van der Waals surface area contributed by atoms with Gasteiger partial charge in [0.15, 0.2) is 0 Å². The Morgan fingerprint density at radius 1 is 0.857 bits per heavy atom. The third-order valence-corrected chi connectivity index (χ3v) is 7.76. The molecule has 10 nitrogen and oxygen atoms in total. The van der Waals surface area contributed by atoms with E-state index in [1.54, 1.807) is 18.6 Å². The van der Waals surface area contributed by atoms with E-state index in [-0.39, 0.29) is 49.3 Å². The lowest BCUT2D eigenvalue weighted by Crippen LogP contribution is -2.43. The second kappa shape index (κ2) is 20.4. The maximum atomic E-state index is 12.9. The van der Waals surface area contributed by atoms with Crippen molar-refractivity contribution in [3.05, 3.63) is 132 Å². The molecule has 2 aromatic heterocycles. The van der Waals surface area contributed by atoms with E-state index in [0.717, 1.165) is 60.8 Å². The van der Waals surface area contributed by atoms with Gasteiger partial charge in [-0.05, 0) is 73.1 Å². The van der Waals surface area contributed by atoms with E-state index >= 15 is 0 Å². The van der Waals surface area contributed by atoms with Gasteiger partial charge in [-0.2, -0.15) is 0 Å². The zero-order valence-electron chi connectivity index (χ0n) is 27.5. The molecule has 0 aliphatic carbocycles. The number of hydrogen-bond acceptors (Lipinski definition) is 9. The summed E-state index contributed by atoms with van der Waals surface area (Å²) < 4.78 is 0. The van der Waals surface area contributed by atoms with Crippen LogP contribution >= 0.6 is 37.2 Å². The van der Waals surface area contributed by atoms with Gasteiger partial charge in [0.2, 0.25) is 5.95 Å². The molecule has 0 spiro atoms. The molecule has 0 bridgehead atoms. The van der Waals surface area contributed by atoms with Crippen LogP contribution in [-0.2, 0) is 6.54 Å². The number of pyridine rings is 1. The van der Waals surface area contributed by atoms with Crippen molar-refractivity contribution in [2.45, 2.75) is 19.6 Å². The van der Waals surface area contributed by atoms with E-state index in [2.05, 4.69) is 42.4 Å². The average Bonchev–Trinajstić information content (AvgIpc) is 3.09. The molecule has 49 heavy (non-hydrogen) atoms. The van der Waals surface area contributed by atoms with Crippen LogP contribution in [0.4, 0.5) is 17.3 Å². The fraction of sp³-hybridized carbons (Fsp3) is 0.222. The molecule has 13 heteroatoms. The minimum Gasteiger partial charge on any atom is -0.324 e. The molecule has 1 fully saturated rings. The lowest BCUT2D eigenvalue weighted by Gasteiger charge is -2.32. The summed E-state index contributed by atoms with van der Waals surface area (Å²) in [4.78, 5) is 30.9. The van der Waals surface area contributed by atoms with Crippen LogP contribution in [0, 0.1) is 6.92 Å². The molecule has 6 rings (SSSR count). The smallest absolute Gasteiger partial charge is 0.255 e. The Hall–Kier alpha value is -4.13. The highest BCUT2D eigenvalue weighted by molar-refractivity contribution is 6.04. The average molecular weight is 725 g/mol. The molecule has 1 saturated heterocycles. The number of nitrogens with one attached hydrogen (secondary N) is 2. The minimum absolute atomic E-state index is 0. The number of aromatic nitrogens is 3. The number of carbonyl (C=O) groups excluding carboxylic acids is 1. The Bertz CT molecular complexity index is 1700. The number of amides is 1. The molecule has 260 valence electrons. The van der Waals surface area contributed by atoms with Gasteiger partial charge in [0.1, 0.15) is 0 Å². The Labute approximate surface area is 307 Å². The number of nitrogens with two attached hydrogens (primary N) is 2. The number of hydrogen-bond donors (Lipinski definition) is 4. The van der Waals surface area contributed by atoms with E-state index in [9.17, 15) is 4.79 Å². The summed E-state index contributed by atoms with van der Waals surface area (Å²) in [6.45, 7) is 7.24. The maximum absolute atomic E-state index is 12.9. The second-order valence-corrected chi connectivity index (χ2v) is 11.3. The summed E-state index contributed by atoms with van der Waals surface area (Å²) >= 11 is 0. The first-order valence-electron chi connectivity index (χ1n) is 15.3. The van der Waals surface area contributed by atoms with E-state index in [0.29, 0.717) is 17.2 Å². The summed E-state index contributed by atoms with van der Waals surface area (Å²) in [7, 11) is 2.16. The fourth-order valence-corrected chi connectivity index (χ4v) is 4.95. The van der Waals surface area contributed by atoms with Gasteiger partial charge in [-0.3, -0.25) is 14.7 Å². The number of carbonyl (C=O) groups is 1. The van der Waals surface area contributed by atoms with Gasteiger partial charge in [-0.15, -0.1) is 37.2 Å². The van der Waals surface area contributed by atoms with Crippen LogP contribution in [0.1, 0.15) is 33.2 Å². The highest BCUT2D eigenvalue weighted by Gasteiger charge is 2.14. The molecular formula is C36H44Cl3N9O. The van der Waals surface area contributed by atoms with E-state index in [1.165, 1.54) is 5.56 Å². The van der Waals surface area contributed by atoms with Crippen LogP contribution in [0.15, 0.2) is 110 Å². The van der Waals surface area contributed by atoms with E-state index in [4.69, 9.17) is 11.5 Å². The monoisotopic (exact) mass is 723 g/mol. The second-order valence-electron chi connectivity index (χ2n) is 11.3. The zero-order valence-corrected chi connectivity index (χ0v) is 30.0. The van der Waals surface area contributed by atoms with Crippen molar-refractivity contribution >= 4 is 60.5 Å². The summed E-state index contributed by atoms with van der Waals surface area (Å²) in [6.07, 6.45) is 4.88. The van der Waals surface area contributed by atoms with Gasteiger partial charge < -0.3 is 27.0 Å². The molecule has 0 unspecified atom stereocenters. The molecule has 1 aliphatic heterocycles.